The van der Waals surface area contributed by atoms with Crippen LogP contribution < -0.4 is 11.1 Å². The first-order valence-electron chi connectivity index (χ1n) is 5.92. The molecule has 4 nitrogen and oxygen atoms in total. The lowest BCUT2D eigenvalue weighted by Crippen LogP contribution is -2.57. The Morgan fingerprint density at radius 3 is 2.67 bits per heavy atom. The standard InChI is InChI=1S/C11H21N3O/c1-8(12)6-11(15)13-10-7-14-4-2-9(10)3-5-14/h8-10H,2-7,12H2,1H3,(H,13,15). The van der Waals surface area contributed by atoms with Crippen molar-refractivity contribution in [3.8, 4) is 0 Å². The highest BCUT2D eigenvalue weighted by molar-refractivity contribution is 5.76. The van der Waals surface area contributed by atoms with Gasteiger partial charge in [-0.15, -0.1) is 0 Å². The lowest BCUT2D eigenvalue weighted by molar-refractivity contribution is -0.123. The lowest BCUT2D eigenvalue weighted by Gasteiger charge is -2.45. The Labute approximate surface area is 91.2 Å². The summed E-state index contributed by atoms with van der Waals surface area (Å²) in [7, 11) is 0. The fourth-order valence-electron chi connectivity index (χ4n) is 2.69. The average molecular weight is 211 g/mol. The molecule has 3 N–H and O–H groups in total. The van der Waals surface area contributed by atoms with Crippen molar-refractivity contribution in [2.45, 2.75) is 38.3 Å². The van der Waals surface area contributed by atoms with E-state index in [1.54, 1.807) is 0 Å². The molecule has 3 aliphatic rings. The molecule has 0 aromatic rings. The van der Waals surface area contributed by atoms with Crippen molar-refractivity contribution in [1.29, 1.82) is 0 Å². The number of piperidine rings is 3. The fraction of sp³-hybridized carbons (Fsp3) is 0.909. The zero-order valence-corrected chi connectivity index (χ0v) is 9.41. The van der Waals surface area contributed by atoms with E-state index in [1.165, 1.54) is 25.9 Å². The van der Waals surface area contributed by atoms with E-state index < -0.39 is 0 Å². The summed E-state index contributed by atoms with van der Waals surface area (Å²) in [6.45, 7) is 5.33. The number of nitrogens with two attached hydrogens (primary N) is 1. The Kier molecular flexibility index (Phi) is 3.26. The first-order valence-corrected chi connectivity index (χ1v) is 5.92. The number of carbonyl (C=O) groups excluding carboxylic acids is 1. The van der Waals surface area contributed by atoms with Gasteiger partial charge in [-0.05, 0) is 38.8 Å². The van der Waals surface area contributed by atoms with Crippen molar-refractivity contribution in [3.63, 3.8) is 0 Å². The third-order valence-electron chi connectivity index (χ3n) is 3.51. The molecule has 0 spiro atoms. The normalized spacial score (nSPS) is 36.3. The largest absolute Gasteiger partial charge is 0.352 e. The number of nitrogens with one attached hydrogen (secondary N) is 1. The van der Waals surface area contributed by atoms with Crippen LogP contribution in [0.3, 0.4) is 0 Å². The fourth-order valence-corrected chi connectivity index (χ4v) is 2.69. The van der Waals surface area contributed by atoms with Crippen LogP contribution in [0.2, 0.25) is 0 Å². The van der Waals surface area contributed by atoms with Gasteiger partial charge in [0, 0.05) is 25.0 Å². The molecule has 0 radical (unpaired) electrons. The molecule has 3 aliphatic heterocycles. The summed E-state index contributed by atoms with van der Waals surface area (Å²) in [5.74, 6) is 0.816. The first-order chi connectivity index (χ1) is 7.15. The molecule has 3 rings (SSSR count). The van der Waals surface area contributed by atoms with E-state index in [4.69, 9.17) is 5.73 Å². The van der Waals surface area contributed by atoms with Gasteiger partial charge in [0.15, 0.2) is 0 Å². The number of hydrogen-bond donors (Lipinski definition) is 2. The zero-order valence-electron chi connectivity index (χ0n) is 9.41. The Bertz CT molecular complexity index is 234. The minimum atomic E-state index is -0.0360. The molecule has 2 atom stereocenters. The van der Waals surface area contributed by atoms with Crippen molar-refractivity contribution >= 4 is 5.91 Å². The maximum Gasteiger partial charge on any atom is 0.221 e. The van der Waals surface area contributed by atoms with Gasteiger partial charge in [0.2, 0.25) is 5.91 Å². The minimum absolute atomic E-state index is 0.0360. The molecule has 3 heterocycles. The first kappa shape index (κ1) is 10.9. The highest BCUT2D eigenvalue weighted by Gasteiger charge is 2.34. The average Bonchev–Trinajstić information content (AvgIpc) is 2.17. The quantitative estimate of drug-likeness (QED) is 0.687. The van der Waals surface area contributed by atoms with Crippen molar-refractivity contribution in [2.75, 3.05) is 19.6 Å². The van der Waals surface area contributed by atoms with Crippen LogP contribution in [0.5, 0.6) is 0 Å². The van der Waals surface area contributed by atoms with E-state index in [0.29, 0.717) is 18.4 Å². The van der Waals surface area contributed by atoms with Gasteiger partial charge in [0.1, 0.15) is 0 Å². The second kappa shape index (κ2) is 4.49. The van der Waals surface area contributed by atoms with E-state index >= 15 is 0 Å². The van der Waals surface area contributed by atoms with Gasteiger partial charge < -0.3 is 16.0 Å². The predicted molar refractivity (Wildman–Crippen MR) is 59.4 cm³/mol. The number of nitrogens with zero attached hydrogens (tertiary/aromatic N) is 1. The maximum absolute atomic E-state index is 11.6. The Balaban J connectivity index is 1.82. The van der Waals surface area contributed by atoms with Crippen LogP contribution in [-0.4, -0.2) is 42.5 Å². The summed E-state index contributed by atoms with van der Waals surface area (Å²) < 4.78 is 0. The Hall–Kier alpha value is -0.610. The molecule has 15 heavy (non-hydrogen) atoms. The summed E-state index contributed by atoms with van der Waals surface area (Å²) >= 11 is 0. The van der Waals surface area contributed by atoms with Crippen molar-refractivity contribution in [2.24, 2.45) is 11.7 Å². The topological polar surface area (TPSA) is 58.4 Å². The highest BCUT2D eigenvalue weighted by Crippen LogP contribution is 2.27. The molecule has 86 valence electrons. The third kappa shape index (κ3) is 2.69. The van der Waals surface area contributed by atoms with Gasteiger partial charge in [-0.25, -0.2) is 0 Å². The van der Waals surface area contributed by atoms with Gasteiger partial charge in [-0.2, -0.15) is 0 Å². The van der Waals surface area contributed by atoms with E-state index in [1.807, 2.05) is 6.92 Å². The highest BCUT2D eigenvalue weighted by atomic mass is 16.1. The summed E-state index contributed by atoms with van der Waals surface area (Å²) in [5, 5.41) is 3.12. The third-order valence-corrected chi connectivity index (χ3v) is 3.51. The smallest absolute Gasteiger partial charge is 0.221 e. The van der Waals surface area contributed by atoms with Crippen LogP contribution in [0.25, 0.3) is 0 Å². The summed E-state index contributed by atoms with van der Waals surface area (Å²) in [6.07, 6.45) is 2.93. The van der Waals surface area contributed by atoms with Crippen molar-refractivity contribution in [1.82, 2.24) is 10.2 Å². The molecule has 4 heteroatoms. The van der Waals surface area contributed by atoms with E-state index in [-0.39, 0.29) is 11.9 Å². The van der Waals surface area contributed by atoms with Gasteiger partial charge >= 0.3 is 0 Å². The summed E-state index contributed by atoms with van der Waals surface area (Å²) in [5.41, 5.74) is 5.60. The van der Waals surface area contributed by atoms with E-state index in [0.717, 1.165) is 6.54 Å². The van der Waals surface area contributed by atoms with Crippen molar-refractivity contribution < 1.29 is 4.79 Å². The lowest BCUT2D eigenvalue weighted by atomic mass is 9.84. The molecular formula is C11H21N3O. The molecule has 0 aromatic heterocycles. The van der Waals surface area contributed by atoms with Gasteiger partial charge in [0.05, 0.1) is 0 Å². The Morgan fingerprint density at radius 2 is 2.20 bits per heavy atom. The number of fused-ring (bicyclic) bond motifs is 3. The minimum Gasteiger partial charge on any atom is -0.352 e. The Morgan fingerprint density at radius 1 is 1.53 bits per heavy atom. The van der Waals surface area contributed by atoms with E-state index in [9.17, 15) is 4.79 Å². The molecule has 2 unspecified atom stereocenters. The SMILES string of the molecule is CC(N)CC(=O)NC1CN2CCC1CC2. The monoisotopic (exact) mass is 211 g/mol. The zero-order chi connectivity index (χ0) is 10.8. The van der Waals surface area contributed by atoms with Crippen LogP contribution >= 0.6 is 0 Å². The van der Waals surface area contributed by atoms with Crippen LogP contribution in [0, 0.1) is 5.92 Å². The maximum atomic E-state index is 11.6. The van der Waals surface area contributed by atoms with Gasteiger partial charge in [-0.1, -0.05) is 0 Å². The molecule has 0 saturated carbocycles. The molecular weight excluding hydrogens is 190 g/mol. The van der Waals surface area contributed by atoms with Crippen LogP contribution in [0.4, 0.5) is 0 Å². The van der Waals surface area contributed by atoms with Gasteiger partial charge in [-0.3, -0.25) is 4.79 Å². The molecule has 3 fully saturated rings. The number of amides is 1. The molecule has 2 bridgehead atoms. The molecule has 3 saturated heterocycles. The number of rotatable bonds is 3. The molecule has 0 aromatic carbocycles. The summed E-state index contributed by atoms with van der Waals surface area (Å²) in [4.78, 5) is 14.0. The number of carbonyl (C=O) groups is 1. The van der Waals surface area contributed by atoms with Crippen LogP contribution in [0.1, 0.15) is 26.2 Å². The number of hydrogen-bond acceptors (Lipinski definition) is 3. The summed E-state index contributed by atoms with van der Waals surface area (Å²) in [6, 6.07) is 0.338. The van der Waals surface area contributed by atoms with Crippen molar-refractivity contribution in [3.05, 3.63) is 0 Å². The second-order valence-corrected chi connectivity index (χ2v) is 4.99. The predicted octanol–water partition coefficient (Wildman–Crippen LogP) is -0.0659. The second-order valence-electron chi connectivity index (χ2n) is 4.99. The van der Waals surface area contributed by atoms with Gasteiger partial charge in [0.25, 0.3) is 0 Å². The molecule has 0 aliphatic carbocycles. The van der Waals surface area contributed by atoms with Crippen LogP contribution in [-0.2, 0) is 4.79 Å². The van der Waals surface area contributed by atoms with E-state index in [2.05, 4.69) is 10.2 Å². The van der Waals surface area contributed by atoms with Crippen LogP contribution in [0.15, 0.2) is 0 Å². The molecule has 1 amide bonds.